The van der Waals surface area contributed by atoms with Crippen LogP contribution >= 0.6 is 0 Å². The van der Waals surface area contributed by atoms with E-state index in [0.29, 0.717) is 5.75 Å². The molecule has 4 heteroatoms. The molecular weight excluding hydrogens is 156 g/mol. The van der Waals surface area contributed by atoms with Gasteiger partial charge in [-0.25, -0.2) is 0 Å². The third kappa shape index (κ3) is 1.25. The van der Waals surface area contributed by atoms with Gasteiger partial charge in [-0.15, -0.1) is 4.91 Å². The van der Waals surface area contributed by atoms with E-state index in [9.17, 15) is 4.91 Å². The molecule has 0 atom stereocenters. The van der Waals surface area contributed by atoms with Crippen molar-refractivity contribution in [2.75, 3.05) is 7.11 Å². The van der Waals surface area contributed by atoms with Gasteiger partial charge in [0.2, 0.25) is 0 Å². The average Bonchev–Trinajstić information content (AvgIpc) is 2.16. The van der Waals surface area contributed by atoms with Crippen molar-refractivity contribution in [3.05, 3.63) is 28.7 Å². The van der Waals surface area contributed by atoms with Gasteiger partial charge in [-0.3, -0.25) is 0 Å². The summed E-state index contributed by atoms with van der Waals surface area (Å²) in [6.45, 7) is 0. The molecule has 0 N–H and O–H groups in total. The lowest BCUT2D eigenvalue weighted by atomic mass is 10.2. The maximum Gasteiger partial charge on any atom is 0.138 e. The molecule has 1 aromatic carbocycles. The van der Waals surface area contributed by atoms with Crippen LogP contribution in [0.15, 0.2) is 23.4 Å². The first kappa shape index (κ1) is 8.21. The molecule has 0 aromatic heterocycles. The number of hydrogen-bond donors (Lipinski definition) is 0. The Labute approximate surface area is 69.4 Å². The Morgan fingerprint density at radius 2 is 2.33 bits per heavy atom. The molecule has 0 radical (unpaired) electrons. The summed E-state index contributed by atoms with van der Waals surface area (Å²) in [6.07, 6.45) is 0. The quantitative estimate of drug-likeness (QED) is 0.624. The van der Waals surface area contributed by atoms with Crippen molar-refractivity contribution >= 4 is 5.69 Å². The average molecular weight is 162 g/mol. The normalized spacial score (nSPS) is 8.67. The lowest BCUT2D eigenvalue weighted by molar-refractivity contribution is 0.413. The number of nitriles is 1. The molecule has 0 bridgehead atoms. The predicted octanol–water partition coefficient (Wildman–Crippen LogP) is 1.96. The molecule has 0 saturated carbocycles. The van der Waals surface area contributed by atoms with Crippen LogP contribution in [0.1, 0.15) is 5.56 Å². The molecule has 0 aliphatic heterocycles. The molecule has 60 valence electrons. The minimum absolute atomic E-state index is 0.108. The first-order valence-electron chi connectivity index (χ1n) is 3.24. The van der Waals surface area contributed by atoms with Gasteiger partial charge in [0.05, 0.1) is 7.11 Å². The van der Waals surface area contributed by atoms with Crippen LogP contribution in [-0.2, 0) is 0 Å². The predicted molar refractivity (Wildman–Crippen MR) is 43.2 cm³/mol. The summed E-state index contributed by atoms with van der Waals surface area (Å²) in [5.41, 5.74) is 0.284. The summed E-state index contributed by atoms with van der Waals surface area (Å²) >= 11 is 0. The van der Waals surface area contributed by atoms with Crippen LogP contribution < -0.4 is 4.74 Å². The molecule has 0 spiro atoms. The van der Waals surface area contributed by atoms with Crippen LogP contribution in [0.5, 0.6) is 5.75 Å². The summed E-state index contributed by atoms with van der Waals surface area (Å²) in [5, 5.41) is 11.3. The van der Waals surface area contributed by atoms with Gasteiger partial charge < -0.3 is 4.74 Å². The van der Waals surface area contributed by atoms with Crippen molar-refractivity contribution in [3.8, 4) is 11.8 Å². The molecule has 1 aromatic rings. The molecule has 0 aliphatic carbocycles. The van der Waals surface area contributed by atoms with Crippen molar-refractivity contribution in [2.45, 2.75) is 0 Å². The summed E-state index contributed by atoms with van der Waals surface area (Å²) in [4.78, 5) is 10.2. The number of nitroso groups, excluding NO2 is 1. The van der Waals surface area contributed by atoms with Gasteiger partial charge in [0.25, 0.3) is 0 Å². The van der Waals surface area contributed by atoms with Crippen LogP contribution in [0.3, 0.4) is 0 Å². The van der Waals surface area contributed by atoms with Gasteiger partial charge in [-0.2, -0.15) is 5.26 Å². The second-order valence-corrected chi connectivity index (χ2v) is 2.06. The Bertz CT molecular complexity index is 341. The van der Waals surface area contributed by atoms with E-state index < -0.39 is 0 Å². The lowest BCUT2D eigenvalue weighted by Gasteiger charge is -2.01. The van der Waals surface area contributed by atoms with Crippen molar-refractivity contribution in [1.29, 1.82) is 5.26 Å². The summed E-state index contributed by atoms with van der Waals surface area (Å²) < 4.78 is 4.86. The van der Waals surface area contributed by atoms with E-state index in [4.69, 9.17) is 10.00 Å². The zero-order chi connectivity index (χ0) is 8.97. The van der Waals surface area contributed by atoms with Gasteiger partial charge in [0, 0.05) is 0 Å². The third-order valence-corrected chi connectivity index (χ3v) is 1.43. The van der Waals surface area contributed by atoms with Crippen LogP contribution in [0.4, 0.5) is 5.69 Å². The fourth-order valence-electron chi connectivity index (χ4n) is 0.878. The summed E-state index contributed by atoms with van der Waals surface area (Å²) in [7, 11) is 1.44. The van der Waals surface area contributed by atoms with E-state index in [2.05, 4.69) is 5.18 Å². The molecular formula is C8H6N2O2. The molecule has 0 heterocycles. The highest BCUT2D eigenvalue weighted by Gasteiger charge is 2.07. The number of ether oxygens (including phenoxy) is 1. The second kappa shape index (κ2) is 3.49. The highest BCUT2D eigenvalue weighted by Crippen LogP contribution is 2.26. The number of methoxy groups -OCH3 is 1. The monoisotopic (exact) mass is 162 g/mol. The van der Waals surface area contributed by atoms with E-state index >= 15 is 0 Å². The molecule has 0 fully saturated rings. The number of hydrogen-bond acceptors (Lipinski definition) is 4. The third-order valence-electron chi connectivity index (χ3n) is 1.43. The molecule has 4 nitrogen and oxygen atoms in total. The Morgan fingerprint density at radius 1 is 1.58 bits per heavy atom. The zero-order valence-electron chi connectivity index (χ0n) is 6.44. The molecule has 0 saturated heterocycles. The first-order valence-corrected chi connectivity index (χ1v) is 3.24. The smallest absolute Gasteiger partial charge is 0.138 e. The first-order chi connectivity index (χ1) is 5.83. The van der Waals surface area contributed by atoms with E-state index in [1.807, 2.05) is 6.07 Å². The van der Waals surface area contributed by atoms with Crippen molar-refractivity contribution < 1.29 is 4.74 Å². The molecule has 0 unspecified atom stereocenters. The Hall–Kier alpha value is -1.89. The zero-order valence-corrected chi connectivity index (χ0v) is 6.44. The summed E-state index contributed by atoms with van der Waals surface area (Å²) in [5.74, 6) is 0.370. The molecule has 12 heavy (non-hydrogen) atoms. The van der Waals surface area contributed by atoms with Gasteiger partial charge in [-0.1, -0.05) is 6.07 Å². The van der Waals surface area contributed by atoms with E-state index in [1.165, 1.54) is 13.2 Å². The van der Waals surface area contributed by atoms with Gasteiger partial charge >= 0.3 is 0 Å². The van der Waals surface area contributed by atoms with Gasteiger partial charge in [0.1, 0.15) is 23.1 Å². The van der Waals surface area contributed by atoms with Crippen LogP contribution in [0.2, 0.25) is 0 Å². The largest absolute Gasteiger partial charge is 0.495 e. The van der Waals surface area contributed by atoms with E-state index in [1.54, 1.807) is 12.1 Å². The van der Waals surface area contributed by atoms with Crippen molar-refractivity contribution in [2.24, 2.45) is 5.18 Å². The summed E-state index contributed by atoms with van der Waals surface area (Å²) in [6, 6.07) is 6.53. The van der Waals surface area contributed by atoms with Gasteiger partial charge in [-0.05, 0) is 17.3 Å². The molecule has 1 rings (SSSR count). The highest BCUT2D eigenvalue weighted by atomic mass is 16.5. The maximum atomic E-state index is 10.2. The van der Waals surface area contributed by atoms with Crippen LogP contribution in [0.25, 0.3) is 0 Å². The fourth-order valence-corrected chi connectivity index (χ4v) is 0.878. The number of benzene rings is 1. The Kier molecular flexibility index (Phi) is 2.38. The van der Waals surface area contributed by atoms with Crippen molar-refractivity contribution in [1.82, 2.24) is 0 Å². The molecule has 0 aliphatic rings. The van der Waals surface area contributed by atoms with Crippen molar-refractivity contribution in [3.63, 3.8) is 0 Å². The van der Waals surface area contributed by atoms with E-state index in [-0.39, 0.29) is 11.3 Å². The second-order valence-electron chi connectivity index (χ2n) is 2.06. The minimum Gasteiger partial charge on any atom is -0.495 e. The Morgan fingerprint density at radius 3 is 2.83 bits per heavy atom. The molecule has 0 amide bonds. The number of nitrogens with zero attached hydrogens (tertiary/aromatic N) is 2. The van der Waals surface area contributed by atoms with Crippen LogP contribution in [0, 0.1) is 16.2 Å². The maximum absolute atomic E-state index is 10.2. The fraction of sp³-hybridized carbons (Fsp3) is 0.125. The minimum atomic E-state index is 0.108. The van der Waals surface area contributed by atoms with Gasteiger partial charge in [0.15, 0.2) is 0 Å². The highest BCUT2D eigenvalue weighted by molar-refractivity contribution is 5.60. The topological polar surface area (TPSA) is 62.4 Å². The number of rotatable bonds is 2. The lowest BCUT2D eigenvalue weighted by Crippen LogP contribution is -1.86. The Balaban J connectivity index is 3.34. The van der Waals surface area contributed by atoms with E-state index in [0.717, 1.165) is 0 Å². The van der Waals surface area contributed by atoms with Crippen LogP contribution in [-0.4, -0.2) is 7.11 Å². The SMILES string of the molecule is COc1cccc(N=O)c1C#N. The standard InChI is InChI=1S/C8H6N2O2/c1-12-8-4-2-3-7(10-11)6(8)5-9/h2-4H,1H3.